The highest BCUT2D eigenvalue weighted by Crippen LogP contribution is 2.50. The number of hydrogen-bond acceptors (Lipinski definition) is 4. The Balaban J connectivity index is 3.03. The van der Waals surface area contributed by atoms with Gasteiger partial charge in [-0.2, -0.15) is 0 Å². The largest absolute Gasteiger partial charge is 0.478 e. The number of carboxylic acid groups (broad SMARTS) is 1. The third-order valence-electron chi connectivity index (χ3n) is 4.66. The van der Waals surface area contributed by atoms with E-state index in [2.05, 4.69) is 5.32 Å². The summed E-state index contributed by atoms with van der Waals surface area (Å²) in [6.45, 7) is 8.77. The molecule has 0 saturated heterocycles. The van der Waals surface area contributed by atoms with Crippen molar-refractivity contribution in [2.75, 3.05) is 6.16 Å². The number of carbonyl (C=O) groups is 2. The van der Waals surface area contributed by atoms with E-state index in [4.69, 9.17) is 4.74 Å². The molecule has 0 aromatic heterocycles. The fourth-order valence-electron chi connectivity index (χ4n) is 3.45. The summed E-state index contributed by atoms with van der Waals surface area (Å²) in [4.78, 5) is 34.5. The van der Waals surface area contributed by atoms with Crippen molar-refractivity contribution in [1.82, 2.24) is 5.32 Å². The molecule has 1 aliphatic rings. The molecule has 8 heteroatoms. The van der Waals surface area contributed by atoms with E-state index in [1.54, 1.807) is 20.8 Å². The molecule has 0 aromatic carbocycles. The summed E-state index contributed by atoms with van der Waals surface area (Å²) in [5, 5.41) is 12.0. The molecule has 2 atom stereocenters. The van der Waals surface area contributed by atoms with Crippen LogP contribution in [0.15, 0.2) is 11.6 Å². The van der Waals surface area contributed by atoms with Crippen LogP contribution in [0.4, 0.5) is 4.79 Å². The van der Waals surface area contributed by atoms with Gasteiger partial charge in [-0.15, -0.1) is 0 Å². The van der Waals surface area contributed by atoms with Crippen LogP contribution in [0.3, 0.4) is 0 Å². The third kappa shape index (κ3) is 9.24. The molecule has 0 heterocycles. The minimum Gasteiger partial charge on any atom is -0.478 e. The Bertz CT molecular complexity index is 617. The zero-order chi connectivity index (χ0) is 21.5. The number of nitrogens with one attached hydrogen (secondary N) is 1. The first-order valence-electron chi connectivity index (χ1n) is 10.0. The van der Waals surface area contributed by atoms with Gasteiger partial charge in [0.2, 0.25) is 7.37 Å². The maximum atomic E-state index is 13.2. The number of hydrogen-bond donors (Lipinski definition) is 3. The molecule has 1 fully saturated rings. The fourth-order valence-corrected chi connectivity index (χ4v) is 5.34. The van der Waals surface area contributed by atoms with Crippen LogP contribution in [-0.4, -0.2) is 39.6 Å². The van der Waals surface area contributed by atoms with Crippen LogP contribution in [0.1, 0.15) is 73.1 Å². The Labute approximate surface area is 168 Å². The number of allylic oxidation sites excluding steroid dienone is 1. The molecule has 0 aliphatic heterocycles. The van der Waals surface area contributed by atoms with Gasteiger partial charge in [0.05, 0.1) is 6.16 Å². The first-order valence-corrected chi connectivity index (χ1v) is 12.0. The van der Waals surface area contributed by atoms with Gasteiger partial charge in [0.25, 0.3) is 0 Å². The average molecular weight is 417 g/mol. The molecule has 3 N–H and O–H groups in total. The zero-order valence-electron chi connectivity index (χ0n) is 17.7. The summed E-state index contributed by atoms with van der Waals surface area (Å²) in [5.41, 5.74) is -0.830. The predicted octanol–water partition coefficient (Wildman–Crippen LogP) is 4.75. The zero-order valence-corrected chi connectivity index (χ0v) is 18.6. The lowest BCUT2D eigenvalue weighted by molar-refractivity contribution is -0.132. The van der Waals surface area contributed by atoms with Gasteiger partial charge in [0.1, 0.15) is 11.4 Å². The molecule has 0 spiro atoms. The fraction of sp³-hybridized carbons (Fsp3) is 0.800. The highest BCUT2D eigenvalue weighted by molar-refractivity contribution is 7.59. The second kappa shape index (κ2) is 10.4. The van der Waals surface area contributed by atoms with Crippen LogP contribution in [0.5, 0.6) is 0 Å². The number of carboxylic acids is 1. The Hall–Kier alpha value is -1.33. The first kappa shape index (κ1) is 24.7. The van der Waals surface area contributed by atoms with Crippen molar-refractivity contribution in [1.29, 1.82) is 0 Å². The first-order chi connectivity index (χ1) is 12.8. The van der Waals surface area contributed by atoms with Crippen molar-refractivity contribution in [2.24, 2.45) is 11.8 Å². The lowest BCUT2D eigenvalue weighted by atomic mass is 9.87. The predicted molar refractivity (Wildman–Crippen MR) is 110 cm³/mol. The van der Waals surface area contributed by atoms with E-state index in [0.717, 1.165) is 32.1 Å². The van der Waals surface area contributed by atoms with Crippen molar-refractivity contribution >= 4 is 19.4 Å². The Morgan fingerprint density at radius 2 is 1.79 bits per heavy atom. The summed E-state index contributed by atoms with van der Waals surface area (Å²) >= 11 is 0. The van der Waals surface area contributed by atoms with Crippen molar-refractivity contribution in [3.05, 3.63) is 11.6 Å². The van der Waals surface area contributed by atoms with E-state index < -0.39 is 37.0 Å². The molecule has 28 heavy (non-hydrogen) atoms. The van der Waals surface area contributed by atoms with Gasteiger partial charge in [0, 0.05) is 5.57 Å². The molecule has 1 amide bonds. The van der Waals surface area contributed by atoms with E-state index in [1.807, 2.05) is 13.8 Å². The lowest BCUT2D eigenvalue weighted by Crippen LogP contribution is -2.40. The Morgan fingerprint density at radius 1 is 1.21 bits per heavy atom. The number of ether oxygens (including phenoxy) is 1. The normalized spacial score (nSPS) is 19.8. The molecule has 1 aliphatic carbocycles. The van der Waals surface area contributed by atoms with Crippen LogP contribution >= 0.6 is 7.37 Å². The monoisotopic (exact) mass is 417 g/mol. The maximum Gasteiger partial charge on any atom is 0.408 e. The molecule has 162 valence electrons. The van der Waals surface area contributed by atoms with Crippen molar-refractivity contribution < 1.29 is 28.9 Å². The van der Waals surface area contributed by atoms with E-state index >= 15 is 0 Å². The lowest BCUT2D eigenvalue weighted by Gasteiger charge is -2.31. The smallest absolute Gasteiger partial charge is 0.408 e. The summed E-state index contributed by atoms with van der Waals surface area (Å²) in [6.07, 6.45) is 5.76. The van der Waals surface area contributed by atoms with Gasteiger partial charge >= 0.3 is 12.1 Å². The minimum absolute atomic E-state index is 0.0679. The van der Waals surface area contributed by atoms with Crippen LogP contribution < -0.4 is 5.32 Å². The number of alkyl carbamates (subject to hydrolysis) is 1. The van der Waals surface area contributed by atoms with E-state index in [-0.39, 0.29) is 17.4 Å². The van der Waals surface area contributed by atoms with Gasteiger partial charge in [-0.05, 0) is 39.0 Å². The van der Waals surface area contributed by atoms with Crippen LogP contribution in [0.2, 0.25) is 0 Å². The third-order valence-corrected chi connectivity index (χ3v) is 6.77. The van der Waals surface area contributed by atoms with Crippen molar-refractivity contribution in [2.45, 2.75) is 84.5 Å². The molecular formula is C20H36NO6P. The summed E-state index contributed by atoms with van der Waals surface area (Å²) in [5.74, 6) is -2.07. The van der Waals surface area contributed by atoms with Gasteiger partial charge in [-0.1, -0.05) is 52.0 Å². The second-order valence-electron chi connectivity index (χ2n) is 9.06. The molecule has 7 nitrogen and oxygen atoms in total. The number of aliphatic carboxylic acids is 1. The van der Waals surface area contributed by atoms with Crippen molar-refractivity contribution in [3.8, 4) is 0 Å². The number of carbonyl (C=O) groups excluding carboxylic acids is 1. The molecule has 2 unspecified atom stereocenters. The van der Waals surface area contributed by atoms with E-state index in [9.17, 15) is 24.2 Å². The standard InChI is InChI=1S/C20H36NO6P/c1-14(2)11-16(18(22)23)13-28(25,26)17(12-15-9-7-6-8-10-15)21-19(24)27-20(3,4)5/h11,14-15,17H,6-10,12-13H2,1-5H3,(H,21,24)(H,22,23)(H,25,26)/b16-11-. The van der Waals surface area contributed by atoms with E-state index in [0.29, 0.717) is 6.42 Å². The maximum absolute atomic E-state index is 13.2. The van der Waals surface area contributed by atoms with Gasteiger partial charge in [-0.3, -0.25) is 4.57 Å². The topological polar surface area (TPSA) is 113 Å². The second-order valence-corrected chi connectivity index (χ2v) is 11.5. The molecule has 0 aromatic rings. The van der Waals surface area contributed by atoms with Gasteiger partial charge in [-0.25, -0.2) is 9.59 Å². The Kier molecular flexibility index (Phi) is 9.22. The van der Waals surface area contributed by atoms with Crippen LogP contribution in [0, 0.1) is 11.8 Å². The highest BCUT2D eigenvalue weighted by Gasteiger charge is 2.37. The number of amides is 1. The Morgan fingerprint density at radius 3 is 2.25 bits per heavy atom. The number of rotatable bonds is 8. The molecular weight excluding hydrogens is 381 g/mol. The SMILES string of the molecule is CC(C)/C=C(/CP(=O)(O)C(CC1CCCCC1)NC(=O)OC(C)(C)C)C(=O)O. The van der Waals surface area contributed by atoms with E-state index in [1.165, 1.54) is 6.08 Å². The highest BCUT2D eigenvalue weighted by atomic mass is 31.2. The summed E-state index contributed by atoms with van der Waals surface area (Å²) < 4.78 is 18.4. The van der Waals surface area contributed by atoms with Crippen LogP contribution in [-0.2, 0) is 14.1 Å². The van der Waals surface area contributed by atoms with Crippen molar-refractivity contribution in [3.63, 3.8) is 0 Å². The molecule has 1 saturated carbocycles. The van der Waals surface area contributed by atoms with Gasteiger partial charge in [0.15, 0.2) is 0 Å². The molecule has 1 rings (SSSR count). The van der Waals surface area contributed by atoms with Crippen LogP contribution in [0.25, 0.3) is 0 Å². The average Bonchev–Trinajstić information content (AvgIpc) is 2.52. The minimum atomic E-state index is -4.02. The molecule has 0 bridgehead atoms. The quantitative estimate of drug-likeness (QED) is 0.388. The van der Waals surface area contributed by atoms with Gasteiger partial charge < -0.3 is 20.1 Å². The molecule has 0 radical (unpaired) electrons. The summed E-state index contributed by atoms with van der Waals surface area (Å²) in [6, 6.07) is 0. The summed E-state index contributed by atoms with van der Waals surface area (Å²) in [7, 11) is -4.02.